The van der Waals surface area contributed by atoms with Gasteiger partial charge in [-0.25, -0.2) is 0 Å². The Morgan fingerprint density at radius 2 is 1.47 bits per heavy atom. The molecule has 0 fully saturated rings. The summed E-state index contributed by atoms with van der Waals surface area (Å²) >= 11 is 0. The fraction of sp³-hybridized carbons (Fsp3) is 0. The molecular formula is C9H12FeN2O4S. The van der Waals surface area contributed by atoms with E-state index in [1.165, 1.54) is 5.39 Å². The van der Waals surface area contributed by atoms with E-state index < -0.39 is 10.4 Å². The number of hydrogen-bond donors (Lipinski definition) is 3. The molecule has 0 atom stereocenters. The topological polar surface area (TPSA) is 122 Å². The van der Waals surface area contributed by atoms with E-state index in [0.717, 1.165) is 5.52 Å². The predicted octanol–water partition coefficient (Wildman–Crippen LogP) is 1.74. The third kappa shape index (κ3) is 8.75. The molecule has 17 heavy (non-hydrogen) atoms. The Balaban J connectivity index is 0. The minimum absolute atomic E-state index is 0. The van der Waals surface area contributed by atoms with E-state index in [-0.39, 0.29) is 23.2 Å². The zero-order valence-electron chi connectivity index (χ0n) is 8.67. The molecule has 6 nitrogen and oxygen atoms in total. The first kappa shape index (κ1) is 18.3. The van der Waals surface area contributed by atoms with E-state index in [1.54, 1.807) is 0 Å². The summed E-state index contributed by atoms with van der Waals surface area (Å²) in [6, 6.07) is 12.1. The molecular weight excluding hydrogens is 288 g/mol. The van der Waals surface area contributed by atoms with Crippen molar-refractivity contribution in [3.63, 3.8) is 0 Å². The van der Waals surface area contributed by atoms with Crippen LogP contribution in [0.5, 0.6) is 0 Å². The molecule has 0 aliphatic rings. The standard InChI is InChI=1S/C9H7N.Fe.H3N.H2O4S/c1-2-6-9-8(4-1)5-3-7-10-9;;;1-5(2,3)4/h1-7H;;1H3;(H2,1,2,3,4). The van der Waals surface area contributed by atoms with Crippen LogP contribution in [0.15, 0.2) is 42.6 Å². The summed E-state index contributed by atoms with van der Waals surface area (Å²) in [5, 5.41) is 1.20. The van der Waals surface area contributed by atoms with Crippen molar-refractivity contribution in [1.29, 1.82) is 0 Å². The average molecular weight is 300 g/mol. The van der Waals surface area contributed by atoms with Gasteiger partial charge in [-0.2, -0.15) is 8.42 Å². The maximum Gasteiger partial charge on any atom is 0.394 e. The Hall–Kier alpha value is -1.02. The number of rotatable bonds is 0. The summed E-state index contributed by atoms with van der Waals surface area (Å²) < 4.78 is 31.6. The average Bonchev–Trinajstić information content (AvgIpc) is 2.16. The van der Waals surface area contributed by atoms with Crippen molar-refractivity contribution in [3.05, 3.63) is 42.6 Å². The maximum atomic E-state index is 8.74. The van der Waals surface area contributed by atoms with Crippen LogP contribution in [0.2, 0.25) is 0 Å². The van der Waals surface area contributed by atoms with E-state index in [0.29, 0.717) is 0 Å². The molecule has 96 valence electrons. The number of nitrogens with zero attached hydrogens (tertiary/aromatic N) is 1. The first-order valence-electron chi connectivity index (χ1n) is 3.96. The maximum absolute atomic E-state index is 8.74. The Morgan fingerprint density at radius 3 is 2.00 bits per heavy atom. The minimum atomic E-state index is -4.67. The minimum Gasteiger partial charge on any atom is -0.344 e. The predicted molar refractivity (Wildman–Crippen MR) is 60.9 cm³/mol. The van der Waals surface area contributed by atoms with Crippen LogP contribution in [0.4, 0.5) is 0 Å². The van der Waals surface area contributed by atoms with Crippen molar-refractivity contribution >= 4 is 21.3 Å². The van der Waals surface area contributed by atoms with Crippen LogP contribution in [0.1, 0.15) is 0 Å². The van der Waals surface area contributed by atoms with Gasteiger partial charge in [0, 0.05) is 28.7 Å². The molecule has 0 saturated heterocycles. The number of aromatic nitrogens is 1. The van der Waals surface area contributed by atoms with Gasteiger partial charge >= 0.3 is 10.4 Å². The van der Waals surface area contributed by atoms with E-state index in [9.17, 15) is 0 Å². The van der Waals surface area contributed by atoms with Gasteiger partial charge in [0.05, 0.1) is 5.52 Å². The monoisotopic (exact) mass is 300 g/mol. The van der Waals surface area contributed by atoms with Crippen molar-refractivity contribution in [2.75, 3.05) is 0 Å². The molecule has 1 aromatic carbocycles. The van der Waals surface area contributed by atoms with E-state index in [1.807, 2.05) is 30.5 Å². The molecule has 1 heterocycles. The molecule has 2 rings (SSSR count). The van der Waals surface area contributed by atoms with Crippen LogP contribution in [0.3, 0.4) is 0 Å². The van der Waals surface area contributed by atoms with Gasteiger partial charge in [0.25, 0.3) is 0 Å². The summed E-state index contributed by atoms with van der Waals surface area (Å²) in [7, 11) is -4.67. The van der Waals surface area contributed by atoms with Crippen molar-refractivity contribution in [1.82, 2.24) is 11.1 Å². The van der Waals surface area contributed by atoms with E-state index in [4.69, 9.17) is 17.5 Å². The molecule has 0 saturated carbocycles. The number of para-hydroxylation sites is 1. The Bertz CT molecular complexity index is 474. The first-order valence-corrected chi connectivity index (χ1v) is 5.36. The second-order valence-corrected chi connectivity index (χ2v) is 3.54. The Kier molecular flexibility index (Phi) is 8.77. The van der Waals surface area contributed by atoms with Gasteiger partial charge in [-0.3, -0.25) is 14.1 Å². The van der Waals surface area contributed by atoms with Crippen LogP contribution < -0.4 is 6.15 Å². The van der Waals surface area contributed by atoms with Gasteiger partial charge in [-0.05, 0) is 12.1 Å². The van der Waals surface area contributed by atoms with Crippen LogP contribution in [0, 0.1) is 0 Å². The van der Waals surface area contributed by atoms with Gasteiger partial charge in [-0.1, -0.05) is 24.3 Å². The summed E-state index contributed by atoms with van der Waals surface area (Å²) in [5.41, 5.74) is 1.06. The van der Waals surface area contributed by atoms with E-state index >= 15 is 0 Å². The fourth-order valence-electron chi connectivity index (χ4n) is 1.02. The van der Waals surface area contributed by atoms with Crippen LogP contribution >= 0.6 is 0 Å². The van der Waals surface area contributed by atoms with Gasteiger partial charge < -0.3 is 6.15 Å². The summed E-state index contributed by atoms with van der Waals surface area (Å²) in [5.74, 6) is 0. The van der Waals surface area contributed by atoms with Crippen LogP contribution in [-0.4, -0.2) is 22.5 Å². The second kappa shape index (κ2) is 8.13. The summed E-state index contributed by atoms with van der Waals surface area (Å²) in [6.07, 6.45) is 1.81. The number of hydrogen-bond acceptors (Lipinski definition) is 4. The SMILES string of the molecule is N.O=S(=O)(O)O.[Fe].c1ccc2ncccc2c1. The molecule has 0 spiro atoms. The quantitative estimate of drug-likeness (QED) is 0.503. The molecule has 0 unspecified atom stereocenters. The zero-order chi connectivity index (χ0) is 11.3. The van der Waals surface area contributed by atoms with Gasteiger partial charge in [0.15, 0.2) is 0 Å². The Labute approximate surface area is 110 Å². The normalized spacial score (nSPS) is 9.29. The molecule has 0 radical (unpaired) electrons. The third-order valence-electron chi connectivity index (χ3n) is 1.51. The first-order chi connectivity index (χ1) is 6.97. The van der Waals surface area contributed by atoms with Crippen molar-refractivity contribution in [2.45, 2.75) is 0 Å². The molecule has 1 aromatic heterocycles. The molecule has 0 amide bonds. The molecule has 0 aliphatic carbocycles. The van der Waals surface area contributed by atoms with Crippen molar-refractivity contribution in [2.24, 2.45) is 0 Å². The zero-order valence-corrected chi connectivity index (χ0v) is 10.6. The largest absolute Gasteiger partial charge is 0.394 e. The van der Waals surface area contributed by atoms with Crippen molar-refractivity contribution < 1.29 is 34.6 Å². The number of fused-ring (bicyclic) bond motifs is 1. The van der Waals surface area contributed by atoms with Gasteiger partial charge in [-0.15, -0.1) is 0 Å². The fourth-order valence-corrected chi connectivity index (χ4v) is 1.02. The smallest absolute Gasteiger partial charge is 0.344 e. The molecule has 2 aromatic rings. The van der Waals surface area contributed by atoms with Crippen molar-refractivity contribution in [3.8, 4) is 0 Å². The third-order valence-corrected chi connectivity index (χ3v) is 1.51. The molecule has 0 aliphatic heterocycles. The summed E-state index contributed by atoms with van der Waals surface area (Å²) in [4.78, 5) is 4.18. The second-order valence-electron chi connectivity index (χ2n) is 2.64. The molecule has 8 heteroatoms. The van der Waals surface area contributed by atoms with Crippen LogP contribution in [-0.2, 0) is 27.5 Å². The van der Waals surface area contributed by atoms with Gasteiger partial charge in [0.2, 0.25) is 0 Å². The molecule has 5 N–H and O–H groups in total. The number of pyridine rings is 1. The van der Waals surface area contributed by atoms with E-state index in [2.05, 4.69) is 17.1 Å². The number of benzene rings is 1. The van der Waals surface area contributed by atoms with Gasteiger partial charge in [0.1, 0.15) is 0 Å². The summed E-state index contributed by atoms with van der Waals surface area (Å²) in [6.45, 7) is 0. The molecule has 0 bridgehead atoms. The van der Waals surface area contributed by atoms with Crippen LogP contribution in [0.25, 0.3) is 10.9 Å². The Morgan fingerprint density at radius 1 is 1.00 bits per heavy atom.